The third kappa shape index (κ3) is 1.93. The maximum atomic E-state index is 14.4. The largest absolute Gasteiger partial charge is 0.385 e. The van der Waals surface area contributed by atoms with Crippen LogP contribution in [0.3, 0.4) is 0 Å². The van der Waals surface area contributed by atoms with Crippen LogP contribution in [0, 0.1) is 5.82 Å². The maximum Gasteiger partial charge on any atom is 0.131 e. The van der Waals surface area contributed by atoms with Crippen molar-refractivity contribution < 1.29 is 9.50 Å². The molecule has 3 heterocycles. The summed E-state index contributed by atoms with van der Waals surface area (Å²) in [6, 6.07) is 6.99. The van der Waals surface area contributed by atoms with Gasteiger partial charge < -0.3 is 5.11 Å². The lowest BCUT2D eigenvalue weighted by atomic mass is 9.85. The SMILES string of the molecule is OC1(c2cc3cccnc3cc2F)CC2CCC(C1)S2. The van der Waals surface area contributed by atoms with E-state index in [-0.39, 0.29) is 5.82 Å². The van der Waals surface area contributed by atoms with E-state index in [1.807, 2.05) is 23.9 Å². The smallest absolute Gasteiger partial charge is 0.131 e. The zero-order valence-electron chi connectivity index (χ0n) is 11.1. The number of hydrogen-bond donors (Lipinski definition) is 1. The minimum atomic E-state index is -1.01. The highest BCUT2D eigenvalue weighted by Crippen LogP contribution is 2.51. The van der Waals surface area contributed by atoms with E-state index < -0.39 is 5.60 Å². The lowest BCUT2D eigenvalue weighted by Crippen LogP contribution is -2.35. The topological polar surface area (TPSA) is 33.1 Å². The van der Waals surface area contributed by atoms with Crippen LogP contribution < -0.4 is 0 Å². The molecule has 0 aliphatic carbocycles. The van der Waals surface area contributed by atoms with Crippen LogP contribution in [0.15, 0.2) is 30.5 Å². The molecule has 0 radical (unpaired) electrons. The second-order valence-corrected chi connectivity index (χ2v) is 7.53. The highest BCUT2D eigenvalue weighted by molar-refractivity contribution is 8.00. The fraction of sp³-hybridized carbons (Fsp3) is 0.438. The summed E-state index contributed by atoms with van der Waals surface area (Å²) >= 11 is 1.96. The van der Waals surface area contributed by atoms with E-state index in [0.717, 1.165) is 18.2 Å². The summed E-state index contributed by atoms with van der Waals surface area (Å²) in [6.45, 7) is 0. The number of halogens is 1. The van der Waals surface area contributed by atoms with Crippen LogP contribution in [0.25, 0.3) is 10.9 Å². The first-order valence-corrected chi connectivity index (χ1v) is 8.01. The Kier molecular flexibility index (Phi) is 2.79. The van der Waals surface area contributed by atoms with Crippen molar-refractivity contribution in [2.24, 2.45) is 0 Å². The Balaban J connectivity index is 1.83. The molecule has 2 atom stereocenters. The highest BCUT2D eigenvalue weighted by Gasteiger charge is 2.45. The standard InChI is InChI=1S/C16H16FNOS/c17-14-7-15-10(2-1-5-18-15)6-13(14)16(19)8-11-3-4-12(9-16)20-11/h1-2,5-7,11-12,19H,3-4,8-9H2. The Morgan fingerprint density at radius 2 is 2.00 bits per heavy atom. The number of fused-ring (bicyclic) bond motifs is 3. The van der Waals surface area contributed by atoms with Gasteiger partial charge in [0, 0.05) is 33.7 Å². The van der Waals surface area contributed by atoms with Gasteiger partial charge in [0.2, 0.25) is 0 Å². The quantitative estimate of drug-likeness (QED) is 0.870. The summed E-state index contributed by atoms with van der Waals surface area (Å²) in [5.41, 5.74) is 0.0891. The number of hydrogen-bond acceptors (Lipinski definition) is 3. The molecule has 4 rings (SSSR count). The molecule has 104 valence electrons. The number of benzene rings is 1. The molecule has 0 amide bonds. The molecule has 1 aromatic carbocycles. The van der Waals surface area contributed by atoms with Crippen LogP contribution in [0.4, 0.5) is 4.39 Å². The Bertz CT molecular complexity index is 663. The number of aliphatic hydroxyl groups is 1. The van der Waals surface area contributed by atoms with Crippen molar-refractivity contribution in [3.05, 3.63) is 41.8 Å². The number of nitrogens with zero attached hydrogens (tertiary/aromatic N) is 1. The number of thioether (sulfide) groups is 1. The molecule has 2 aliphatic rings. The Morgan fingerprint density at radius 3 is 2.75 bits per heavy atom. The van der Waals surface area contributed by atoms with Gasteiger partial charge in [-0.2, -0.15) is 11.8 Å². The maximum absolute atomic E-state index is 14.4. The van der Waals surface area contributed by atoms with E-state index >= 15 is 0 Å². The van der Waals surface area contributed by atoms with Gasteiger partial charge in [0.05, 0.1) is 11.1 Å². The molecular weight excluding hydrogens is 273 g/mol. The Labute approximate surface area is 121 Å². The van der Waals surface area contributed by atoms with Gasteiger partial charge in [0.25, 0.3) is 0 Å². The predicted octanol–water partition coefficient (Wildman–Crippen LogP) is 3.62. The van der Waals surface area contributed by atoms with Crippen LogP contribution >= 0.6 is 11.8 Å². The van der Waals surface area contributed by atoms with Gasteiger partial charge in [-0.3, -0.25) is 4.98 Å². The van der Waals surface area contributed by atoms with Crippen molar-refractivity contribution in [1.82, 2.24) is 4.98 Å². The number of rotatable bonds is 1. The lowest BCUT2D eigenvalue weighted by Gasteiger charge is -2.36. The molecule has 2 nitrogen and oxygen atoms in total. The molecule has 2 aliphatic heterocycles. The molecule has 0 saturated carbocycles. The van der Waals surface area contributed by atoms with Crippen LogP contribution in [0.1, 0.15) is 31.2 Å². The Hall–Kier alpha value is -1.13. The first kappa shape index (κ1) is 12.6. The summed E-state index contributed by atoms with van der Waals surface area (Å²) in [4.78, 5) is 4.17. The molecule has 1 N–H and O–H groups in total. The third-order valence-corrected chi connectivity index (χ3v) is 6.09. The van der Waals surface area contributed by atoms with Crippen LogP contribution in [0.5, 0.6) is 0 Å². The molecule has 2 aromatic rings. The first-order chi connectivity index (χ1) is 9.64. The minimum absolute atomic E-state index is 0.329. The van der Waals surface area contributed by atoms with Crippen molar-refractivity contribution in [2.75, 3.05) is 0 Å². The predicted molar refractivity (Wildman–Crippen MR) is 79.2 cm³/mol. The van der Waals surface area contributed by atoms with Gasteiger partial charge in [0.1, 0.15) is 5.82 Å². The van der Waals surface area contributed by atoms with E-state index in [2.05, 4.69) is 4.98 Å². The fourth-order valence-corrected chi connectivity index (χ4v) is 5.42. The van der Waals surface area contributed by atoms with Crippen molar-refractivity contribution in [3.63, 3.8) is 0 Å². The molecule has 20 heavy (non-hydrogen) atoms. The molecule has 0 spiro atoms. The fourth-order valence-electron chi connectivity index (χ4n) is 3.59. The van der Waals surface area contributed by atoms with Crippen LogP contribution in [-0.4, -0.2) is 20.6 Å². The van der Waals surface area contributed by atoms with Crippen molar-refractivity contribution in [3.8, 4) is 0 Å². The Morgan fingerprint density at radius 1 is 1.25 bits per heavy atom. The highest BCUT2D eigenvalue weighted by atomic mass is 32.2. The van der Waals surface area contributed by atoms with Gasteiger partial charge in [-0.25, -0.2) is 4.39 Å². The zero-order valence-corrected chi connectivity index (χ0v) is 11.9. The van der Waals surface area contributed by atoms with Gasteiger partial charge >= 0.3 is 0 Å². The van der Waals surface area contributed by atoms with Gasteiger partial charge in [-0.1, -0.05) is 6.07 Å². The molecule has 4 heteroatoms. The van der Waals surface area contributed by atoms with E-state index in [1.54, 1.807) is 12.3 Å². The minimum Gasteiger partial charge on any atom is -0.385 e. The second kappa shape index (κ2) is 4.43. The van der Waals surface area contributed by atoms with Gasteiger partial charge in [0.15, 0.2) is 0 Å². The summed E-state index contributed by atoms with van der Waals surface area (Å²) in [7, 11) is 0. The summed E-state index contributed by atoms with van der Waals surface area (Å²) in [5, 5.41) is 12.8. The average molecular weight is 289 g/mol. The molecule has 2 unspecified atom stereocenters. The summed E-state index contributed by atoms with van der Waals surface area (Å²) in [6.07, 6.45) is 5.28. The van der Waals surface area contributed by atoms with E-state index in [9.17, 15) is 9.50 Å². The number of pyridine rings is 1. The van der Waals surface area contributed by atoms with Crippen molar-refractivity contribution >= 4 is 22.7 Å². The summed E-state index contributed by atoms with van der Waals surface area (Å²) < 4.78 is 14.4. The van der Waals surface area contributed by atoms with Crippen LogP contribution in [-0.2, 0) is 5.60 Å². The second-order valence-electron chi connectivity index (χ2n) is 5.93. The molecule has 2 fully saturated rings. The molecular formula is C16H16FNOS. The normalized spacial score (nSPS) is 32.7. The molecule has 1 aromatic heterocycles. The van der Waals surface area contributed by atoms with Gasteiger partial charge in [-0.05, 0) is 37.8 Å². The van der Waals surface area contributed by atoms with E-state index in [4.69, 9.17) is 0 Å². The molecule has 2 saturated heterocycles. The molecule has 2 bridgehead atoms. The van der Waals surface area contributed by atoms with Crippen molar-refractivity contribution in [2.45, 2.75) is 41.8 Å². The monoisotopic (exact) mass is 289 g/mol. The lowest BCUT2D eigenvalue weighted by molar-refractivity contribution is 0.0164. The third-order valence-electron chi connectivity index (χ3n) is 4.52. The first-order valence-electron chi connectivity index (χ1n) is 7.07. The van der Waals surface area contributed by atoms with Crippen molar-refractivity contribution in [1.29, 1.82) is 0 Å². The zero-order chi connectivity index (χ0) is 13.7. The van der Waals surface area contributed by atoms with Crippen LogP contribution in [0.2, 0.25) is 0 Å². The van der Waals surface area contributed by atoms with E-state index in [0.29, 0.717) is 34.4 Å². The number of aromatic nitrogens is 1. The average Bonchev–Trinajstić information content (AvgIpc) is 2.77. The summed E-state index contributed by atoms with van der Waals surface area (Å²) in [5.74, 6) is -0.329. The van der Waals surface area contributed by atoms with Gasteiger partial charge in [-0.15, -0.1) is 0 Å². The van der Waals surface area contributed by atoms with E-state index in [1.165, 1.54) is 6.07 Å².